The molecule has 0 spiro atoms. The van der Waals surface area contributed by atoms with Gasteiger partial charge in [0.2, 0.25) is 0 Å². The minimum Gasteiger partial charge on any atom is -0.399 e. The maximum Gasteiger partial charge on any atom is 0.0911 e. The molecule has 2 aliphatic heterocycles. The van der Waals surface area contributed by atoms with Gasteiger partial charge in [0.05, 0.1) is 26.7 Å². The lowest BCUT2D eigenvalue weighted by molar-refractivity contribution is -0.912. The first kappa shape index (κ1) is 15.6. The normalized spacial score (nSPS) is 20.1. The number of nitrogens with one attached hydrogen (secondary N) is 1. The molecule has 3 rings (SSSR count). The van der Waals surface area contributed by atoms with Crippen LogP contribution < -0.4 is 16.0 Å². The summed E-state index contributed by atoms with van der Waals surface area (Å²) >= 11 is 0. The molecule has 0 atom stereocenters. The summed E-state index contributed by atoms with van der Waals surface area (Å²) in [6, 6.07) is 6.32. The Balaban J connectivity index is 1.39. The number of hydrogen-bond acceptors (Lipinski definition) is 3. The topological polar surface area (TPSA) is 41.3 Å². The van der Waals surface area contributed by atoms with Crippen LogP contribution >= 0.6 is 0 Å². The van der Waals surface area contributed by atoms with Gasteiger partial charge in [0.25, 0.3) is 0 Å². The van der Waals surface area contributed by atoms with E-state index in [0.717, 1.165) is 38.3 Å². The van der Waals surface area contributed by atoms with Crippen molar-refractivity contribution in [1.82, 2.24) is 5.32 Å². The van der Waals surface area contributed by atoms with Gasteiger partial charge in [0.1, 0.15) is 0 Å². The number of hydrogen-bond donors (Lipinski definition) is 2. The van der Waals surface area contributed by atoms with Gasteiger partial charge in [-0.3, -0.25) is 0 Å². The van der Waals surface area contributed by atoms with Crippen molar-refractivity contribution in [3.63, 3.8) is 0 Å². The molecule has 4 nitrogen and oxygen atoms in total. The molecule has 0 saturated carbocycles. The predicted molar refractivity (Wildman–Crippen MR) is 94.3 cm³/mol. The monoisotopic (exact) mass is 303 g/mol. The van der Waals surface area contributed by atoms with Crippen molar-refractivity contribution in [2.24, 2.45) is 0 Å². The third-order valence-corrected chi connectivity index (χ3v) is 5.38. The summed E-state index contributed by atoms with van der Waals surface area (Å²) < 4.78 is 1.26. The second-order valence-electron chi connectivity index (χ2n) is 7.23. The van der Waals surface area contributed by atoms with Crippen LogP contribution in [-0.4, -0.2) is 57.3 Å². The third kappa shape index (κ3) is 3.73. The Morgan fingerprint density at radius 3 is 2.82 bits per heavy atom. The van der Waals surface area contributed by atoms with Crippen molar-refractivity contribution in [2.45, 2.75) is 25.7 Å². The summed E-state index contributed by atoms with van der Waals surface area (Å²) in [5.41, 5.74) is 9.59. The number of nitrogen functional groups attached to an aromatic ring is 1. The molecule has 0 unspecified atom stereocenters. The molecule has 3 N–H and O–H groups in total. The molecule has 1 saturated heterocycles. The van der Waals surface area contributed by atoms with Crippen LogP contribution in [0.2, 0.25) is 0 Å². The van der Waals surface area contributed by atoms with Crippen LogP contribution in [0.5, 0.6) is 0 Å². The van der Waals surface area contributed by atoms with Crippen molar-refractivity contribution in [1.29, 1.82) is 0 Å². The van der Waals surface area contributed by atoms with Crippen molar-refractivity contribution in [2.75, 3.05) is 63.5 Å². The highest BCUT2D eigenvalue weighted by molar-refractivity contribution is 5.64. The lowest BCUT2D eigenvalue weighted by Gasteiger charge is -2.38. The number of anilines is 2. The highest BCUT2D eigenvalue weighted by Gasteiger charge is 2.24. The zero-order valence-electron chi connectivity index (χ0n) is 14.0. The molecule has 1 fully saturated rings. The first-order valence-corrected chi connectivity index (χ1v) is 8.84. The highest BCUT2D eigenvalue weighted by atomic mass is 15.3. The van der Waals surface area contributed by atoms with Gasteiger partial charge in [0, 0.05) is 37.6 Å². The summed E-state index contributed by atoms with van der Waals surface area (Å²) in [5.74, 6) is 0. The molecule has 4 heteroatoms. The summed E-state index contributed by atoms with van der Waals surface area (Å²) in [6.07, 6.45) is 5.40. The minimum atomic E-state index is 0.876. The Hall–Kier alpha value is -1.26. The molecular weight excluding hydrogens is 272 g/mol. The number of rotatable bonds is 6. The van der Waals surface area contributed by atoms with E-state index in [9.17, 15) is 0 Å². The van der Waals surface area contributed by atoms with Gasteiger partial charge in [-0.2, -0.15) is 0 Å². The van der Waals surface area contributed by atoms with Crippen molar-refractivity contribution in [3.8, 4) is 0 Å². The summed E-state index contributed by atoms with van der Waals surface area (Å²) in [6.45, 7) is 8.40. The fraction of sp³-hybridized carbons (Fsp3) is 0.667. The largest absolute Gasteiger partial charge is 0.399 e. The van der Waals surface area contributed by atoms with E-state index in [4.69, 9.17) is 5.73 Å². The van der Waals surface area contributed by atoms with Gasteiger partial charge in [-0.05, 0) is 43.4 Å². The van der Waals surface area contributed by atoms with Crippen molar-refractivity contribution < 1.29 is 4.48 Å². The summed E-state index contributed by atoms with van der Waals surface area (Å²) in [5, 5.41) is 3.64. The van der Waals surface area contributed by atoms with Gasteiger partial charge in [-0.1, -0.05) is 6.07 Å². The Labute approximate surface area is 134 Å². The van der Waals surface area contributed by atoms with Gasteiger partial charge in [-0.15, -0.1) is 0 Å². The maximum atomic E-state index is 5.92. The number of likely N-dealkylation sites (N-methyl/N-ethyl adjacent to an activating group) is 1. The third-order valence-electron chi connectivity index (χ3n) is 5.38. The highest BCUT2D eigenvalue weighted by Crippen LogP contribution is 2.29. The molecule has 0 aromatic heterocycles. The molecule has 0 amide bonds. The fourth-order valence-electron chi connectivity index (χ4n) is 3.88. The molecule has 1 aromatic carbocycles. The van der Waals surface area contributed by atoms with E-state index < -0.39 is 0 Å². The zero-order chi connectivity index (χ0) is 15.4. The molecule has 2 heterocycles. The number of benzene rings is 1. The van der Waals surface area contributed by atoms with E-state index in [0.29, 0.717) is 0 Å². The smallest absolute Gasteiger partial charge is 0.0911 e. The van der Waals surface area contributed by atoms with Crippen LogP contribution in [0.3, 0.4) is 0 Å². The predicted octanol–water partition coefficient (Wildman–Crippen LogP) is 1.85. The molecule has 122 valence electrons. The molecule has 0 radical (unpaired) electrons. The SMILES string of the molecule is C[N+]1(CCNCCN2CCc3ccc(N)cc32)CCCCC1. The van der Waals surface area contributed by atoms with Crippen LogP contribution in [0.15, 0.2) is 18.2 Å². The molecule has 0 bridgehead atoms. The van der Waals surface area contributed by atoms with Crippen LogP contribution in [-0.2, 0) is 6.42 Å². The van der Waals surface area contributed by atoms with E-state index in [1.165, 1.54) is 54.6 Å². The van der Waals surface area contributed by atoms with Crippen LogP contribution in [0.25, 0.3) is 0 Å². The number of piperidine rings is 1. The van der Waals surface area contributed by atoms with E-state index in [1.807, 2.05) is 6.07 Å². The Morgan fingerprint density at radius 1 is 1.18 bits per heavy atom. The molecule has 22 heavy (non-hydrogen) atoms. The standard InChI is InChI=1S/C18H31N4/c1-22(12-3-2-4-13-22)14-9-20-8-11-21-10-7-16-5-6-17(19)15-18(16)21/h5-6,15,20H,2-4,7-14,19H2,1H3/q+1. The number of nitrogens with two attached hydrogens (primary N) is 1. The van der Waals surface area contributed by atoms with Gasteiger partial charge in [0.15, 0.2) is 0 Å². The van der Waals surface area contributed by atoms with E-state index in [2.05, 4.69) is 29.4 Å². The number of nitrogens with zero attached hydrogens (tertiary/aromatic N) is 2. The van der Waals surface area contributed by atoms with Crippen molar-refractivity contribution >= 4 is 11.4 Å². The van der Waals surface area contributed by atoms with Crippen molar-refractivity contribution in [3.05, 3.63) is 23.8 Å². The van der Waals surface area contributed by atoms with Crippen LogP contribution in [0.1, 0.15) is 24.8 Å². The summed E-state index contributed by atoms with van der Waals surface area (Å²) in [7, 11) is 2.42. The average Bonchev–Trinajstić information content (AvgIpc) is 2.90. The Morgan fingerprint density at radius 2 is 2.00 bits per heavy atom. The van der Waals surface area contributed by atoms with E-state index >= 15 is 0 Å². The summed E-state index contributed by atoms with van der Waals surface area (Å²) in [4.78, 5) is 2.47. The van der Waals surface area contributed by atoms with Gasteiger partial charge in [-0.25, -0.2) is 0 Å². The molecule has 1 aromatic rings. The molecular formula is C18H31N4+. The quantitative estimate of drug-likeness (QED) is 0.479. The first-order valence-electron chi connectivity index (χ1n) is 8.84. The van der Waals surface area contributed by atoms with Crippen LogP contribution in [0, 0.1) is 0 Å². The minimum absolute atomic E-state index is 0.876. The fourth-order valence-corrected chi connectivity index (χ4v) is 3.88. The second-order valence-corrected chi connectivity index (χ2v) is 7.23. The number of fused-ring (bicyclic) bond motifs is 1. The lowest BCUT2D eigenvalue weighted by atomic mass is 10.1. The maximum absolute atomic E-state index is 5.92. The zero-order valence-corrected chi connectivity index (χ0v) is 14.0. The lowest BCUT2D eigenvalue weighted by Crippen LogP contribution is -2.51. The number of likely N-dealkylation sites (tertiary alicyclic amines) is 1. The Bertz CT molecular complexity index is 494. The molecule has 2 aliphatic rings. The van der Waals surface area contributed by atoms with Gasteiger partial charge < -0.3 is 20.4 Å². The van der Waals surface area contributed by atoms with E-state index in [1.54, 1.807) is 0 Å². The average molecular weight is 303 g/mol. The first-order chi connectivity index (χ1) is 10.7. The van der Waals surface area contributed by atoms with E-state index in [-0.39, 0.29) is 0 Å². The molecule has 0 aliphatic carbocycles. The van der Waals surface area contributed by atoms with Gasteiger partial charge >= 0.3 is 0 Å². The Kier molecular flexibility index (Phi) is 4.89. The number of quaternary nitrogens is 1. The van der Waals surface area contributed by atoms with Crippen LogP contribution in [0.4, 0.5) is 11.4 Å². The second kappa shape index (κ2) is 6.88.